The first-order valence-corrected chi connectivity index (χ1v) is 32.1. The van der Waals surface area contributed by atoms with E-state index in [1.807, 2.05) is 27.2 Å². The van der Waals surface area contributed by atoms with Crippen molar-refractivity contribution in [1.29, 1.82) is 0 Å². The number of nitrogens with zero attached hydrogens (tertiary/aromatic N) is 1. The average molecular weight is 999 g/mol. The van der Waals surface area contributed by atoms with Crippen molar-refractivity contribution >= 4 is 13.7 Å². The van der Waals surface area contributed by atoms with Gasteiger partial charge in [0, 0.05) is 6.42 Å². The van der Waals surface area contributed by atoms with Crippen molar-refractivity contribution in [1.82, 2.24) is 5.32 Å². The molecule has 69 heavy (non-hydrogen) atoms. The van der Waals surface area contributed by atoms with Crippen molar-refractivity contribution in [3.63, 3.8) is 0 Å². The van der Waals surface area contributed by atoms with Gasteiger partial charge in [-0.05, 0) is 19.3 Å². The number of phosphoric ester groups is 1. The van der Waals surface area contributed by atoms with Crippen LogP contribution in [-0.4, -0.2) is 73.4 Å². The molecule has 412 valence electrons. The van der Waals surface area contributed by atoms with Gasteiger partial charge in [0.15, 0.2) is 0 Å². The first kappa shape index (κ1) is 68.2. The zero-order chi connectivity index (χ0) is 50.6. The number of likely N-dealkylation sites (N-methyl/N-ethyl adjacent to an activating group) is 1. The minimum atomic E-state index is -4.34. The fourth-order valence-corrected chi connectivity index (χ4v) is 10.2. The molecule has 3 atom stereocenters. The van der Waals surface area contributed by atoms with Crippen LogP contribution in [0.5, 0.6) is 0 Å². The highest BCUT2D eigenvalue weighted by Crippen LogP contribution is 2.43. The predicted octanol–water partition coefficient (Wildman–Crippen LogP) is 18.6. The van der Waals surface area contributed by atoms with E-state index < -0.39 is 20.0 Å². The molecule has 0 bridgehead atoms. The summed E-state index contributed by atoms with van der Waals surface area (Å²) in [5.74, 6) is -0.170. The van der Waals surface area contributed by atoms with Crippen molar-refractivity contribution in [2.45, 2.75) is 328 Å². The molecule has 9 heteroatoms. The molecular formula is C60H122N2O6P+. The maximum absolute atomic E-state index is 13.0. The third-order valence-electron chi connectivity index (χ3n) is 14.3. The van der Waals surface area contributed by atoms with Crippen LogP contribution in [0.1, 0.15) is 316 Å². The molecule has 0 rings (SSSR count). The van der Waals surface area contributed by atoms with Gasteiger partial charge >= 0.3 is 7.82 Å². The van der Waals surface area contributed by atoms with E-state index in [9.17, 15) is 19.4 Å². The van der Waals surface area contributed by atoms with Gasteiger partial charge in [0.1, 0.15) is 13.2 Å². The lowest BCUT2D eigenvalue weighted by Crippen LogP contribution is -2.45. The number of amides is 1. The number of aliphatic hydroxyl groups excluding tert-OH is 1. The molecule has 0 spiro atoms. The van der Waals surface area contributed by atoms with Gasteiger partial charge in [0.25, 0.3) is 0 Å². The van der Waals surface area contributed by atoms with Crippen LogP contribution in [-0.2, 0) is 18.4 Å². The molecule has 0 aliphatic rings. The summed E-state index contributed by atoms with van der Waals surface area (Å²) in [5, 5.41) is 14.0. The van der Waals surface area contributed by atoms with Crippen LogP contribution in [0.4, 0.5) is 0 Å². The van der Waals surface area contributed by atoms with E-state index in [4.69, 9.17) is 9.05 Å². The Bertz CT molecular complexity index is 1130. The van der Waals surface area contributed by atoms with Crippen LogP contribution < -0.4 is 5.32 Å². The topological polar surface area (TPSA) is 105 Å². The monoisotopic (exact) mass is 998 g/mol. The Balaban J connectivity index is 4.10. The van der Waals surface area contributed by atoms with Gasteiger partial charge in [-0.25, -0.2) is 4.57 Å². The Labute approximate surface area is 431 Å². The molecule has 0 radical (unpaired) electrons. The van der Waals surface area contributed by atoms with E-state index in [1.165, 1.54) is 263 Å². The van der Waals surface area contributed by atoms with Crippen molar-refractivity contribution < 1.29 is 32.9 Å². The van der Waals surface area contributed by atoms with E-state index >= 15 is 0 Å². The minimum Gasteiger partial charge on any atom is -0.387 e. The second-order valence-electron chi connectivity index (χ2n) is 22.4. The number of hydrogen-bond acceptors (Lipinski definition) is 5. The maximum Gasteiger partial charge on any atom is 0.472 e. The highest BCUT2D eigenvalue weighted by molar-refractivity contribution is 7.47. The van der Waals surface area contributed by atoms with Crippen molar-refractivity contribution in [3.8, 4) is 0 Å². The van der Waals surface area contributed by atoms with Crippen LogP contribution >= 0.6 is 7.82 Å². The van der Waals surface area contributed by atoms with E-state index in [0.717, 1.165) is 32.1 Å². The minimum absolute atomic E-state index is 0.0652. The molecule has 3 N–H and O–H groups in total. The van der Waals surface area contributed by atoms with Gasteiger partial charge in [-0.15, -0.1) is 0 Å². The second-order valence-corrected chi connectivity index (χ2v) is 23.9. The number of allylic oxidation sites excluding steroid dienone is 1. The number of carbonyl (C=O) groups excluding carboxylic acids is 1. The lowest BCUT2D eigenvalue weighted by atomic mass is 10.0. The third-order valence-corrected chi connectivity index (χ3v) is 15.2. The summed E-state index contributed by atoms with van der Waals surface area (Å²) < 4.78 is 23.7. The number of carbonyl (C=O) groups is 1. The molecule has 8 nitrogen and oxygen atoms in total. The quantitative estimate of drug-likeness (QED) is 0.0243. The number of aliphatic hydroxyl groups is 1. The van der Waals surface area contributed by atoms with Gasteiger partial charge < -0.3 is 19.8 Å². The molecular weight excluding hydrogens is 876 g/mol. The van der Waals surface area contributed by atoms with Crippen LogP contribution in [0.3, 0.4) is 0 Å². The Morgan fingerprint density at radius 1 is 0.478 bits per heavy atom. The van der Waals surface area contributed by atoms with Crippen LogP contribution in [0.2, 0.25) is 0 Å². The van der Waals surface area contributed by atoms with Gasteiger partial charge in [0.2, 0.25) is 5.91 Å². The van der Waals surface area contributed by atoms with Gasteiger partial charge in [-0.1, -0.05) is 302 Å². The molecule has 0 aromatic rings. The Morgan fingerprint density at radius 3 is 1.07 bits per heavy atom. The summed E-state index contributed by atoms with van der Waals surface area (Å²) >= 11 is 0. The molecule has 0 aromatic heterocycles. The number of quaternary nitrogens is 1. The predicted molar refractivity (Wildman–Crippen MR) is 300 cm³/mol. The highest BCUT2D eigenvalue weighted by Gasteiger charge is 2.27. The molecule has 0 heterocycles. The van der Waals surface area contributed by atoms with Crippen LogP contribution in [0.15, 0.2) is 12.2 Å². The highest BCUT2D eigenvalue weighted by atomic mass is 31.2. The fourth-order valence-electron chi connectivity index (χ4n) is 9.46. The zero-order valence-electron chi connectivity index (χ0n) is 47.1. The Hall–Kier alpha value is -0.760. The maximum atomic E-state index is 13.0. The van der Waals surface area contributed by atoms with Crippen molar-refractivity contribution in [2.24, 2.45) is 0 Å². The SMILES string of the molecule is CCCCCCCCCCCCCCCCCCCCCCCCCCCCC/C=C/C(O)C(COP(=O)(O)OCC[N+](C)(C)C)NC(=O)CCCCCCCCCCCCCCCCCCCC. The molecule has 0 saturated heterocycles. The van der Waals surface area contributed by atoms with Crippen LogP contribution in [0.25, 0.3) is 0 Å². The first-order valence-electron chi connectivity index (χ1n) is 30.6. The summed E-state index contributed by atoms with van der Waals surface area (Å²) in [6, 6.07) is -0.842. The zero-order valence-corrected chi connectivity index (χ0v) is 48.0. The summed E-state index contributed by atoms with van der Waals surface area (Å²) in [4.78, 5) is 23.3. The molecule has 3 unspecified atom stereocenters. The number of hydrogen-bond donors (Lipinski definition) is 3. The summed E-state index contributed by atoms with van der Waals surface area (Å²) in [6.45, 7) is 4.87. The first-order chi connectivity index (χ1) is 33.5. The largest absolute Gasteiger partial charge is 0.472 e. The van der Waals surface area contributed by atoms with Crippen molar-refractivity contribution in [2.75, 3.05) is 40.9 Å². The number of phosphoric acid groups is 1. The van der Waals surface area contributed by atoms with E-state index in [0.29, 0.717) is 17.4 Å². The number of rotatable bonds is 57. The summed E-state index contributed by atoms with van der Waals surface area (Å²) in [5.41, 5.74) is 0. The lowest BCUT2D eigenvalue weighted by molar-refractivity contribution is -0.870. The van der Waals surface area contributed by atoms with Crippen LogP contribution in [0, 0.1) is 0 Å². The van der Waals surface area contributed by atoms with E-state index in [2.05, 4.69) is 19.2 Å². The van der Waals surface area contributed by atoms with Gasteiger partial charge in [-0.3, -0.25) is 13.8 Å². The summed E-state index contributed by atoms with van der Waals surface area (Å²) in [6.07, 6.45) is 64.7. The molecule has 0 aromatic carbocycles. The van der Waals surface area contributed by atoms with E-state index in [1.54, 1.807) is 6.08 Å². The normalized spacial score (nSPS) is 13.9. The molecule has 1 amide bonds. The second kappa shape index (κ2) is 52.1. The Morgan fingerprint density at radius 2 is 0.768 bits per heavy atom. The van der Waals surface area contributed by atoms with Gasteiger partial charge in [0.05, 0.1) is 39.9 Å². The standard InChI is InChI=1S/C60H121N2O6P/c1-6-8-10-12-14-16-18-20-22-24-26-27-28-29-30-31-32-33-34-35-36-37-39-41-43-45-47-49-51-53-59(63)58(57-68-69(65,66)67-56-55-62(3,4)5)61-60(64)54-52-50-48-46-44-42-40-38-25-23-21-19-17-15-13-11-9-7-2/h51,53,58-59,63H,6-50,52,54-57H2,1-5H3,(H-,61,64,65,66)/p+1/b53-51+. The molecule has 0 fully saturated rings. The Kier molecular flexibility index (Phi) is 51.5. The third kappa shape index (κ3) is 54.8. The average Bonchev–Trinajstić information content (AvgIpc) is 3.31. The molecule has 0 aliphatic carbocycles. The number of unbranched alkanes of at least 4 members (excludes halogenated alkanes) is 44. The number of nitrogens with one attached hydrogen (secondary N) is 1. The van der Waals surface area contributed by atoms with Gasteiger partial charge in [-0.2, -0.15) is 0 Å². The lowest BCUT2D eigenvalue weighted by Gasteiger charge is -2.25. The van der Waals surface area contributed by atoms with Crippen molar-refractivity contribution in [3.05, 3.63) is 12.2 Å². The smallest absolute Gasteiger partial charge is 0.387 e. The molecule has 0 aliphatic heterocycles. The molecule has 0 saturated carbocycles. The van der Waals surface area contributed by atoms with E-state index in [-0.39, 0.29) is 19.1 Å². The fraction of sp³-hybridized carbons (Fsp3) is 0.950. The summed E-state index contributed by atoms with van der Waals surface area (Å²) in [7, 11) is 1.59.